The molecule has 0 fully saturated rings. The standard InChI is InChI=1S/C23H16ClN3O/c1-14-6-12-17(13-7-14)25-23-21-20(18-4-2-3-5-19(18)28-21)26-22(27-23)15-8-10-16(24)11-9-15/h2-13H,1H3,(H,25,26,27). The van der Waals surface area contributed by atoms with E-state index in [0.29, 0.717) is 22.2 Å². The van der Waals surface area contributed by atoms with Crippen molar-refractivity contribution in [3.63, 3.8) is 0 Å². The Labute approximate surface area is 166 Å². The molecule has 3 aromatic carbocycles. The predicted molar refractivity (Wildman–Crippen MR) is 114 cm³/mol. The van der Waals surface area contributed by atoms with Crippen LogP contribution in [0.25, 0.3) is 33.5 Å². The van der Waals surface area contributed by atoms with E-state index in [1.165, 1.54) is 5.56 Å². The minimum Gasteiger partial charge on any atom is -0.450 e. The number of anilines is 2. The van der Waals surface area contributed by atoms with Crippen molar-refractivity contribution in [2.75, 3.05) is 5.32 Å². The molecule has 1 N–H and O–H groups in total. The SMILES string of the molecule is Cc1ccc(Nc2nc(-c3ccc(Cl)cc3)nc3c2oc2ccccc23)cc1. The number of furan rings is 1. The fourth-order valence-electron chi connectivity index (χ4n) is 3.18. The van der Waals surface area contributed by atoms with E-state index in [1.54, 1.807) is 0 Å². The fraction of sp³-hybridized carbons (Fsp3) is 0.0435. The number of rotatable bonds is 3. The van der Waals surface area contributed by atoms with E-state index in [4.69, 9.17) is 26.0 Å². The zero-order chi connectivity index (χ0) is 19.1. The lowest BCUT2D eigenvalue weighted by atomic mass is 10.2. The summed E-state index contributed by atoms with van der Waals surface area (Å²) in [5.41, 5.74) is 5.23. The van der Waals surface area contributed by atoms with Crippen LogP contribution in [0.2, 0.25) is 5.02 Å². The van der Waals surface area contributed by atoms with E-state index in [9.17, 15) is 0 Å². The summed E-state index contributed by atoms with van der Waals surface area (Å²) in [5.74, 6) is 1.25. The van der Waals surface area contributed by atoms with Crippen LogP contribution in [0.15, 0.2) is 77.2 Å². The Kier molecular flexibility index (Phi) is 3.99. The normalized spacial score (nSPS) is 11.2. The smallest absolute Gasteiger partial charge is 0.196 e. The van der Waals surface area contributed by atoms with Crippen LogP contribution < -0.4 is 5.32 Å². The van der Waals surface area contributed by atoms with Gasteiger partial charge in [-0.2, -0.15) is 0 Å². The molecule has 4 nitrogen and oxygen atoms in total. The first-order chi connectivity index (χ1) is 13.7. The highest BCUT2D eigenvalue weighted by atomic mass is 35.5. The molecular weight excluding hydrogens is 370 g/mol. The number of aryl methyl sites for hydroxylation is 1. The minimum absolute atomic E-state index is 0.616. The molecule has 28 heavy (non-hydrogen) atoms. The molecule has 5 rings (SSSR count). The van der Waals surface area contributed by atoms with Crippen molar-refractivity contribution in [2.45, 2.75) is 6.92 Å². The second-order valence-corrected chi connectivity index (χ2v) is 7.11. The van der Waals surface area contributed by atoms with E-state index in [0.717, 1.165) is 27.7 Å². The molecule has 0 saturated carbocycles. The van der Waals surface area contributed by atoms with Crippen LogP contribution in [0.5, 0.6) is 0 Å². The third kappa shape index (κ3) is 2.98. The number of fused-ring (bicyclic) bond motifs is 3. The van der Waals surface area contributed by atoms with Gasteiger partial charge in [0.15, 0.2) is 17.2 Å². The van der Waals surface area contributed by atoms with Crippen LogP contribution in [0, 0.1) is 6.92 Å². The highest BCUT2D eigenvalue weighted by molar-refractivity contribution is 6.30. The molecule has 0 radical (unpaired) electrons. The molecule has 136 valence electrons. The molecule has 0 atom stereocenters. The molecule has 2 aromatic heterocycles. The van der Waals surface area contributed by atoms with E-state index in [1.807, 2.05) is 60.7 Å². The largest absolute Gasteiger partial charge is 0.450 e. The topological polar surface area (TPSA) is 51.0 Å². The maximum absolute atomic E-state index is 6.08. The highest BCUT2D eigenvalue weighted by Gasteiger charge is 2.16. The van der Waals surface area contributed by atoms with Gasteiger partial charge in [-0.25, -0.2) is 9.97 Å². The summed E-state index contributed by atoms with van der Waals surface area (Å²) >= 11 is 6.04. The Morgan fingerprint density at radius 3 is 2.39 bits per heavy atom. The molecule has 0 unspecified atom stereocenters. The molecule has 2 heterocycles. The first-order valence-electron chi connectivity index (χ1n) is 8.96. The number of hydrogen-bond donors (Lipinski definition) is 1. The van der Waals surface area contributed by atoms with Gasteiger partial charge < -0.3 is 9.73 Å². The maximum Gasteiger partial charge on any atom is 0.196 e. The zero-order valence-corrected chi connectivity index (χ0v) is 15.9. The van der Waals surface area contributed by atoms with Crippen LogP contribution in [0.4, 0.5) is 11.5 Å². The summed E-state index contributed by atoms with van der Waals surface area (Å²) in [5, 5.41) is 5.02. The van der Waals surface area contributed by atoms with Gasteiger partial charge in [-0.1, -0.05) is 41.4 Å². The molecule has 0 aliphatic carbocycles. The van der Waals surface area contributed by atoms with Crippen LogP contribution in [-0.4, -0.2) is 9.97 Å². The second kappa shape index (κ2) is 6.66. The maximum atomic E-state index is 6.08. The number of hydrogen-bond acceptors (Lipinski definition) is 4. The second-order valence-electron chi connectivity index (χ2n) is 6.67. The van der Waals surface area contributed by atoms with Gasteiger partial charge in [0.25, 0.3) is 0 Å². The van der Waals surface area contributed by atoms with Gasteiger partial charge in [0, 0.05) is 21.7 Å². The molecule has 5 heteroatoms. The van der Waals surface area contributed by atoms with Gasteiger partial charge in [0.2, 0.25) is 0 Å². The third-order valence-electron chi connectivity index (χ3n) is 4.64. The molecule has 0 bridgehead atoms. The lowest BCUT2D eigenvalue weighted by molar-refractivity contribution is 0.667. The van der Waals surface area contributed by atoms with E-state index in [-0.39, 0.29) is 0 Å². The molecule has 0 spiro atoms. The third-order valence-corrected chi connectivity index (χ3v) is 4.89. The average Bonchev–Trinajstić information content (AvgIpc) is 3.09. The van der Waals surface area contributed by atoms with Crippen LogP contribution in [0.3, 0.4) is 0 Å². The molecular formula is C23H16ClN3O. The first-order valence-corrected chi connectivity index (χ1v) is 9.34. The number of para-hydroxylation sites is 1. The zero-order valence-electron chi connectivity index (χ0n) is 15.1. The summed E-state index contributed by atoms with van der Waals surface area (Å²) in [7, 11) is 0. The van der Waals surface area contributed by atoms with Gasteiger partial charge in [-0.15, -0.1) is 0 Å². The van der Waals surface area contributed by atoms with E-state index in [2.05, 4.69) is 24.4 Å². The number of halogens is 1. The van der Waals surface area contributed by atoms with Crippen molar-refractivity contribution in [3.05, 3.63) is 83.4 Å². The van der Waals surface area contributed by atoms with Gasteiger partial charge in [-0.3, -0.25) is 0 Å². The van der Waals surface area contributed by atoms with Gasteiger partial charge >= 0.3 is 0 Å². The van der Waals surface area contributed by atoms with E-state index >= 15 is 0 Å². The molecule has 0 amide bonds. The van der Waals surface area contributed by atoms with E-state index < -0.39 is 0 Å². The van der Waals surface area contributed by atoms with Gasteiger partial charge in [-0.05, 0) is 55.5 Å². The summed E-state index contributed by atoms with van der Waals surface area (Å²) in [6.07, 6.45) is 0. The lowest BCUT2D eigenvalue weighted by Crippen LogP contribution is -1.98. The highest BCUT2D eigenvalue weighted by Crippen LogP contribution is 2.34. The van der Waals surface area contributed by atoms with Crippen molar-refractivity contribution in [1.29, 1.82) is 0 Å². The Balaban J connectivity index is 1.73. The Hall–Kier alpha value is -3.37. The number of benzene rings is 3. The number of nitrogens with zero attached hydrogens (tertiary/aromatic N) is 2. The predicted octanol–water partition coefficient (Wildman–Crippen LogP) is 6.75. The van der Waals surface area contributed by atoms with Gasteiger partial charge in [0.1, 0.15) is 11.1 Å². The van der Waals surface area contributed by atoms with Crippen molar-refractivity contribution in [2.24, 2.45) is 0 Å². The molecule has 0 aliphatic heterocycles. The number of aromatic nitrogens is 2. The minimum atomic E-state index is 0.616. The van der Waals surface area contributed by atoms with Crippen molar-refractivity contribution >= 4 is 45.2 Å². The van der Waals surface area contributed by atoms with Gasteiger partial charge in [0.05, 0.1) is 0 Å². The Morgan fingerprint density at radius 2 is 1.61 bits per heavy atom. The molecule has 5 aromatic rings. The summed E-state index contributed by atoms with van der Waals surface area (Å²) < 4.78 is 6.08. The fourth-order valence-corrected chi connectivity index (χ4v) is 3.30. The Bertz CT molecular complexity index is 1290. The Morgan fingerprint density at radius 1 is 0.857 bits per heavy atom. The molecule has 0 aliphatic rings. The van der Waals surface area contributed by atoms with Crippen molar-refractivity contribution < 1.29 is 4.42 Å². The van der Waals surface area contributed by atoms with Crippen molar-refractivity contribution in [3.8, 4) is 11.4 Å². The van der Waals surface area contributed by atoms with Crippen LogP contribution >= 0.6 is 11.6 Å². The summed E-state index contributed by atoms with van der Waals surface area (Å²) in [6, 6.07) is 23.5. The molecule has 0 saturated heterocycles. The van der Waals surface area contributed by atoms with Crippen LogP contribution in [-0.2, 0) is 0 Å². The van der Waals surface area contributed by atoms with Crippen molar-refractivity contribution in [1.82, 2.24) is 9.97 Å². The van der Waals surface area contributed by atoms with Crippen LogP contribution in [0.1, 0.15) is 5.56 Å². The lowest BCUT2D eigenvalue weighted by Gasteiger charge is -2.09. The summed E-state index contributed by atoms with van der Waals surface area (Å²) in [6.45, 7) is 2.06. The monoisotopic (exact) mass is 385 g/mol. The first kappa shape index (κ1) is 16.8. The summed E-state index contributed by atoms with van der Waals surface area (Å²) in [4.78, 5) is 9.55. The number of nitrogens with one attached hydrogen (secondary N) is 1. The average molecular weight is 386 g/mol. The quantitative estimate of drug-likeness (QED) is 0.373.